The fraction of sp³-hybridized carbons (Fsp3) is 0.438. The average Bonchev–Trinajstić information content (AvgIpc) is 2.35. The smallest absolute Gasteiger partial charge is 0.338 e. The lowest BCUT2D eigenvalue weighted by Gasteiger charge is -2.24. The van der Waals surface area contributed by atoms with E-state index < -0.39 is 0 Å². The highest BCUT2D eigenvalue weighted by molar-refractivity contribution is 5.97. The minimum Gasteiger partial charge on any atom is -0.496 e. The first-order valence-corrected chi connectivity index (χ1v) is 6.43. The molecular formula is C16H22O3. The second-order valence-electron chi connectivity index (χ2n) is 5.24. The summed E-state index contributed by atoms with van der Waals surface area (Å²) in [6.07, 6.45) is 0. The molecule has 0 spiro atoms. The van der Waals surface area contributed by atoms with Gasteiger partial charge in [-0.1, -0.05) is 51.1 Å². The second kappa shape index (κ2) is 6.41. The molecule has 0 N–H and O–H groups in total. The summed E-state index contributed by atoms with van der Waals surface area (Å²) in [7, 11) is 1.58. The van der Waals surface area contributed by atoms with Gasteiger partial charge in [0.25, 0.3) is 0 Å². The molecule has 0 aromatic heterocycles. The number of ether oxygens (including phenoxy) is 2. The van der Waals surface area contributed by atoms with Gasteiger partial charge in [0.1, 0.15) is 5.76 Å². The summed E-state index contributed by atoms with van der Waals surface area (Å²) in [5, 5.41) is 0. The number of hydrogen-bond donors (Lipinski definition) is 0. The first-order valence-electron chi connectivity index (χ1n) is 6.43. The van der Waals surface area contributed by atoms with E-state index in [1.54, 1.807) is 14.0 Å². The van der Waals surface area contributed by atoms with Crippen molar-refractivity contribution < 1.29 is 14.3 Å². The Bertz CT molecular complexity index is 453. The number of hydrogen-bond acceptors (Lipinski definition) is 3. The molecule has 3 nitrogen and oxygen atoms in total. The summed E-state index contributed by atoms with van der Waals surface area (Å²) in [5.41, 5.74) is 1.08. The van der Waals surface area contributed by atoms with Crippen molar-refractivity contribution in [2.75, 3.05) is 13.7 Å². The van der Waals surface area contributed by atoms with E-state index in [1.807, 2.05) is 51.1 Å². The van der Waals surface area contributed by atoms with Gasteiger partial charge in [-0.25, -0.2) is 4.79 Å². The lowest BCUT2D eigenvalue weighted by atomic mass is 9.84. The minimum atomic E-state index is -0.354. The third-order valence-electron chi connectivity index (χ3n) is 2.70. The number of rotatable bonds is 4. The maximum Gasteiger partial charge on any atom is 0.338 e. The van der Waals surface area contributed by atoms with E-state index in [0.29, 0.717) is 17.9 Å². The van der Waals surface area contributed by atoms with Crippen molar-refractivity contribution in [3.63, 3.8) is 0 Å². The average molecular weight is 262 g/mol. The molecule has 0 aliphatic heterocycles. The van der Waals surface area contributed by atoms with Gasteiger partial charge in [0.2, 0.25) is 0 Å². The molecule has 19 heavy (non-hydrogen) atoms. The Morgan fingerprint density at radius 3 is 2.16 bits per heavy atom. The molecule has 0 amide bonds. The standard InChI is InChI=1S/C16H22O3/c1-6-19-15(17)13(16(2,3)4)14(18-5)12-10-8-7-9-11-12/h7-11H,6H2,1-5H3. The van der Waals surface area contributed by atoms with Gasteiger partial charge in [-0.2, -0.15) is 0 Å². The van der Waals surface area contributed by atoms with Crippen LogP contribution in [-0.2, 0) is 14.3 Å². The lowest BCUT2D eigenvalue weighted by Crippen LogP contribution is -2.22. The third-order valence-corrected chi connectivity index (χ3v) is 2.70. The first-order chi connectivity index (χ1) is 8.91. The van der Waals surface area contributed by atoms with E-state index in [-0.39, 0.29) is 11.4 Å². The van der Waals surface area contributed by atoms with Crippen LogP contribution in [0.5, 0.6) is 0 Å². The third kappa shape index (κ3) is 3.85. The first kappa shape index (κ1) is 15.3. The van der Waals surface area contributed by atoms with Gasteiger partial charge >= 0.3 is 5.97 Å². The van der Waals surface area contributed by atoms with Crippen LogP contribution in [-0.4, -0.2) is 19.7 Å². The molecule has 0 fully saturated rings. The Labute approximate surface area is 115 Å². The van der Waals surface area contributed by atoms with Gasteiger partial charge in [0, 0.05) is 5.56 Å². The molecular weight excluding hydrogens is 240 g/mol. The van der Waals surface area contributed by atoms with Crippen LogP contribution in [0.4, 0.5) is 0 Å². The molecule has 0 bridgehead atoms. The summed E-state index contributed by atoms with van der Waals surface area (Å²) in [4.78, 5) is 12.2. The predicted molar refractivity (Wildman–Crippen MR) is 76.5 cm³/mol. The van der Waals surface area contributed by atoms with Crippen molar-refractivity contribution in [3.8, 4) is 0 Å². The van der Waals surface area contributed by atoms with Gasteiger partial charge in [-0.3, -0.25) is 0 Å². The number of carbonyl (C=O) groups is 1. The number of methoxy groups -OCH3 is 1. The van der Waals surface area contributed by atoms with Crippen LogP contribution in [0.25, 0.3) is 5.76 Å². The molecule has 0 saturated carbocycles. The lowest BCUT2D eigenvalue weighted by molar-refractivity contribution is -0.139. The Balaban J connectivity index is 3.40. The molecule has 3 heteroatoms. The topological polar surface area (TPSA) is 35.5 Å². The van der Waals surface area contributed by atoms with Gasteiger partial charge in [-0.15, -0.1) is 0 Å². The SMILES string of the molecule is CCOC(=O)C(=C(OC)c1ccccc1)C(C)(C)C. The molecule has 0 saturated heterocycles. The summed E-state index contributed by atoms with van der Waals surface area (Å²) < 4.78 is 10.6. The fourth-order valence-electron chi connectivity index (χ4n) is 1.90. The van der Waals surface area contributed by atoms with E-state index in [2.05, 4.69) is 0 Å². The highest BCUT2D eigenvalue weighted by Gasteiger charge is 2.30. The van der Waals surface area contributed by atoms with E-state index in [0.717, 1.165) is 5.56 Å². The second-order valence-corrected chi connectivity index (χ2v) is 5.24. The van der Waals surface area contributed by atoms with Crippen molar-refractivity contribution in [1.82, 2.24) is 0 Å². The number of carbonyl (C=O) groups excluding carboxylic acids is 1. The van der Waals surface area contributed by atoms with Gasteiger partial charge in [-0.05, 0) is 12.3 Å². The zero-order valence-electron chi connectivity index (χ0n) is 12.3. The Morgan fingerprint density at radius 1 is 1.16 bits per heavy atom. The van der Waals surface area contributed by atoms with Gasteiger partial charge < -0.3 is 9.47 Å². The van der Waals surface area contributed by atoms with E-state index in [1.165, 1.54) is 0 Å². The van der Waals surface area contributed by atoms with Crippen LogP contribution in [0.15, 0.2) is 35.9 Å². The van der Waals surface area contributed by atoms with Crippen LogP contribution >= 0.6 is 0 Å². The fourth-order valence-corrected chi connectivity index (χ4v) is 1.90. The van der Waals surface area contributed by atoms with Crippen LogP contribution in [0.2, 0.25) is 0 Å². The molecule has 1 aromatic carbocycles. The van der Waals surface area contributed by atoms with E-state index in [9.17, 15) is 4.79 Å². The minimum absolute atomic E-state index is 0.323. The molecule has 1 aromatic rings. The van der Waals surface area contributed by atoms with Crippen LogP contribution in [0, 0.1) is 5.41 Å². The molecule has 0 atom stereocenters. The molecule has 1 rings (SSSR count). The monoisotopic (exact) mass is 262 g/mol. The van der Waals surface area contributed by atoms with E-state index >= 15 is 0 Å². The summed E-state index contributed by atoms with van der Waals surface area (Å²) in [5.74, 6) is 0.252. The molecule has 104 valence electrons. The van der Waals surface area contributed by atoms with Crippen LogP contribution in [0.3, 0.4) is 0 Å². The number of esters is 1. The van der Waals surface area contributed by atoms with Crippen molar-refractivity contribution in [2.45, 2.75) is 27.7 Å². The van der Waals surface area contributed by atoms with Gasteiger partial charge in [0.05, 0.1) is 19.3 Å². The Hall–Kier alpha value is -1.77. The predicted octanol–water partition coefficient (Wildman–Crippen LogP) is 3.65. The molecule has 0 radical (unpaired) electrons. The molecule has 0 aliphatic rings. The quantitative estimate of drug-likeness (QED) is 0.472. The zero-order chi connectivity index (χ0) is 14.5. The zero-order valence-corrected chi connectivity index (χ0v) is 12.3. The summed E-state index contributed by atoms with van der Waals surface area (Å²) in [6, 6.07) is 9.60. The molecule has 0 heterocycles. The Morgan fingerprint density at radius 2 is 1.74 bits per heavy atom. The molecule has 0 aliphatic carbocycles. The maximum atomic E-state index is 12.2. The van der Waals surface area contributed by atoms with Crippen molar-refractivity contribution >= 4 is 11.7 Å². The summed E-state index contributed by atoms with van der Waals surface area (Å²) in [6.45, 7) is 8.07. The van der Waals surface area contributed by atoms with Crippen molar-refractivity contribution in [3.05, 3.63) is 41.5 Å². The highest BCUT2D eigenvalue weighted by atomic mass is 16.5. The van der Waals surface area contributed by atoms with Gasteiger partial charge in [0.15, 0.2) is 0 Å². The molecule has 0 unspecified atom stereocenters. The number of benzene rings is 1. The largest absolute Gasteiger partial charge is 0.496 e. The summed E-state index contributed by atoms with van der Waals surface area (Å²) >= 11 is 0. The maximum absolute atomic E-state index is 12.2. The van der Waals surface area contributed by atoms with Crippen molar-refractivity contribution in [1.29, 1.82) is 0 Å². The van der Waals surface area contributed by atoms with Crippen LogP contribution in [0.1, 0.15) is 33.3 Å². The van der Waals surface area contributed by atoms with E-state index in [4.69, 9.17) is 9.47 Å². The normalized spacial score (nSPS) is 12.7. The Kier molecular flexibility index (Phi) is 5.16. The highest BCUT2D eigenvalue weighted by Crippen LogP contribution is 2.33. The van der Waals surface area contributed by atoms with Crippen molar-refractivity contribution in [2.24, 2.45) is 5.41 Å². The van der Waals surface area contributed by atoms with Crippen LogP contribution < -0.4 is 0 Å².